The molecule has 0 amide bonds. The van der Waals surface area contributed by atoms with Crippen molar-refractivity contribution in [2.75, 3.05) is 0 Å². The van der Waals surface area contributed by atoms with Gasteiger partial charge in [-0.05, 0) is 36.0 Å². The molecule has 1 nitrogen and oxygen atoms in total. The predicted molar refractivity (Wildman–Crippen MR) is 47.1 cm³/mol. The standard InChI is InChI=1S/C10H19N/c1-6-8-4-7(5-9(6)11)10(8,2)3/h6-9H,4-5,11H2,1-3H3/t6?,7-,8+,9-/m0/s1. The third-order valence-corrected chi connectivity index (χ3v) is 4.41. The highest BCUT2D eigenvalue weighted by Gasteiger charge is 2.55. The van der Waals surface area contributed by atoms with Crippen LogP contribution in [0.1, 0.15) is 33.6 Å². The molecule has 1 unspecified atom stereocenters. The van der Waals surface area contributed by atoms with E-state index in [9.17, 15) is 0 Å². The fourth-order valence-electron chi connectivity index (χ4n) is 3.19. The zero-order valence-electron chi connectivity index (χ0n) is 7.80. The summed E-state index contributed by atoms with van der Waals surface area (Å²) in [6, 6.07) is 0.492. The summed E-state index contributed by atoms with van der Waals surface area (Å²) in [5.74, 6) is 2.60. The maximum atomic E-state index is 6.02. The van der Waals surface area contributed by atoms with Crippen LogP contribution < -0.4 is 5.73 Å². The van der Waals surface area contributed by atoms with E-state index in [1.807, 2.05) is 0 Å². The average Bonchev–Trinajstić information content (AvgIpc) is 1.93. The van der Waals surface area contributed by atoms with E-state index in [0.29, 0.717) is 11.5 Å². The Morgan fingerprint density at radius 2 is 1.91 bits per heavy atom. The van der Waals surface area contributed by atoms with Crippen molar-refractivity contribution in [1.82, 2.24) is 0 Å². The van der Waals surface area contributed by atoms with Gasteiger partial charge >= 0.3 is 0 Å². The molecule has 0 aromatic carbocycles. The highest BCUT2D eigenvalue weighted by atomic mass is 14.7. The minimum atomic E-state index is 0.492. The van der Waals surface area contributed by atoms with Crippen LogP contribution in [0.25, 0.3) is 0 Å². The van der Waals surface area contributed by atoms with Crippen LogP contribution in [0.4, 0.5) is 0 Å². The van der Waals surface area contributed by atoms with Crippen molar-refractivity contribution in [2.24, 2.45) is 28.9 Å². The first kappa shape index (κ1) is 7.60. The Labute approximate surface area is 69.4 Å². The molecule has 0 radical (unpaired) electrons. The summed E-state index contributed by atoms with van der Waals surface area (Å²) in [5.41, 5.74) is 6.63. The molecule has 0 saturated heterocycles. The smallest absolute Gasteiger partial charge is 0.00702 e. The molecule has 4 atom stereocenters. The van der Waals surface area contributed by atoms with E-state index >= 15 is 0 Å². The second-order valence-electron chi connectivity index (χ2n) is 5.12. The van der Waals surface area contributed by atoms with Gasteiger partial charge < -0.3 is 5.73 Å². The highest BCUT2D eigenvalue weighted by molar-refractivity contribution is 5.06. The first-order valence-electron chi connectivity index (χ1n) is 4.79. The van der Waals surface area contributed by atoms with Gasteiger partial charge in [-0.1, -0.05) is 20.8 Å². The summed E-state index contributed by atoms with van der Waals surface area (Å²) in [5, 5.41) is 0. The van der Waals surface area contributed by atoms with Crippen molar-refractivity contribution in [3.8, 4) is 0 Å². The van der Waals surface area contributed by atoms with Crippen LogP contribution in [0.2, 0.25) is 0 Å². The Morgan fingerprint density at radius 3 is 2.27 bits per heavy atom. The molecule has 0 aromatic heterocycles. The van der Waals surface area contributed by atoms with E-state index in [0.717, 1.165) is 17.8 Å². The van der Waals surface area contributed by atoms with Crippen molar-refractivity contribution in [2.45, 2.75) is 39.7 Å². The van der Waals surface area contributed by atoms with Crippen LogP contribution >= 0.6 is 0 Å². The molecule has 1 heteroatoms. The molecule has 64 valence electrons. The molecule has 0 heterocycles. The van der Waals surface area contributed by atoms with Gasteiger partial charge in [-0.2, -0.15) is 0 Å². The normalized spacial score (nSPS) is 53.5. The van der Waals surface area contributed by atoms with Crippen LogP contribution in [-0.4, -0.2) is 6.04 Å². The Balaban J connectivity index is 2.17. The molecule has 0 spiro atoms. The maximum Gasteiger partial charge on any atom is 0.00702 e. The summed E-state index contributed by atoms with van der Waals surface area (Å²) in [6.45, 7) is 7.15. The van der Waals surface area contributed by atoms with E-state index in [1.165, 1.54) is 12.8 Å². The zero-order chi connectivity index (χ0) is 8.22. The lowest BCUT2D eigenvalue weighted by Gasteiger charge is -2.61. The summed E-state index contributed by atoms with van der Waals surface area (Å²) in [4.78, 5) is 0. The van der Waals surface area contributed by atoms with Crippen LogP contribution in [0, 0.1) is 23.2 Å². The average molecular weight is 153 g/mol. The molecule has 3 aliphatic carbocycles. The summed E-state index contributed by atoms with van der Waals surface area (Å²) in [7, 11) is 0. The lowest BCUT2D eigenvalue weighted by Crippen LogP contribution is -2.58. The zero-order valence-corrected chi connectivity index (χ0v) is 7.80. The second kappa shape index (κ2) is 2.01. The van der Waals surface area contributed by atoms with Crippen molar-refractivity contribution in [1.29, 1.82) is 0 Å². The van der Waals surface area contributed by atoms with Gasteiger partial charge in [0, 0.05) is 6.04 Å². The summed E-state index contributed by atoms with van der Waals surface area (Å²) >= 11 is 0. The first-order valence-corrected chi connectivity index (χ1v) is 4.79. The Morgan fingerprint density at radius 1 is 1.27 bits per heavy atom. The van der Waals surface area contributed by atoms with E-state index in [2.05, 4.69) is 20.8 Å². The quantitative estimate of drug-likeness (QED) is 0.566. The van der Waals surface area contributed by atoms with Gasteiger partial charge in [-0.25, -0.2) is 0 Å². The van der Waals surface area contributed by atoms with Crippen molar-refractivity contribution < 1.29 is 0 Å². The first-order chi connectivity index (χ1) is 5.03. The minimum Gasteiger partial charge on any atom is -0.327 e. The highest BCUT2D eigenvalue weighted by Crippen LogP contribution is 2.60. The molecule has 3 aliphatic rings. The molecular formula is C10H19N. The summed E-state index contributed by atoms with van der Waals surface area (Å²) in [6.07, 6.45) is 2.71. The Hall–Kier alpha value is -0.0400. The van der Waals surface area contributed by atoms with Gasteiger partial charge in [0.15, 0.2) is 0 Å². The molecular weight excluding hydrogens is 134 g/mol. The lowest BCUT2D eigenvalue weighted by atomic mass is 9.45. The van der Waals surface area contributed by atoms with Crippen molar-refractivity contribution in [3.05, 3.63) is 0 Å². The minimum absolute atomic E-state index is 0.492. The molecule has 0 aromatic rings. The van der Waals surface area contributed by atoms with Crippen LogP contribution in [-0.2, 0) is 0 Å². The maximum absolute atomic E-state index is 6.02. The second-order valence-corrected chi connectivity index (χ2v) is 5.12. The number of rotatable bonds is 0. The number of fused-ring (bicyclic) bond motifs is 2. The fraction of sp³-hybridized carbons (Fsp3) is 1.00. The van der Waals surface area contributed by atoms with Gasteiger partial charge in [-0.3, -0.25) is 0 Å². The Bertz CT molecular complexity index is 174. The topological polar surface area (TPSA) is 26.0 Å². The summed E-state index contributed by atoms with van der Waals surface area (Å²) < 4.78 is 0. The third kappa shape index (κ3) is 0.807. The monoisotopic (exact) mass is 153 g/mol. The number of hydrogen-bond acceptors (Lipinski definition) is 1. The molecule has 3 fully saturated rings. The van der Waals surface area contributed by atoms with Gasteiger partial charge in [0.25, 0.3) is 0 Å². The molecule has 3 rings (SSSR count). The number of nitrogens with two attached hydrogens (primary N) is 1. The fourth-order valence-corrected chi connectivity index (χ4v) is 3.19. The van der Waals surface area contributed by atoms with Crippen LogP contribution in [0.3, 0.4) is 0 Å². The van der Waals surface area contributed by atoms with Gasteiger partial charge in [0.05, 0.1) is 0 Å². The molecule has 2 bridgehead atoms. The van der Waals surface area contributed by atoms with Gasteiger partial charge in [-0.15, -0.1) is 0 Å². The van der Waals surface area contributed by atoms with E-state index < -0.39 is 0 Å². The van der Waals surface area contributed by atoms with E-state index in [4.69, 9.17) is 5.73 Å². The lowest BCUT2D eigenvalue weighted by molar-refractivity contribution is -0.108. The molecule has 11 heavy (non-hydrogen) atoms. The van der Waals surface area contributed by atoms with Crippen molar-refractivity contribution >= 4 is 0 Å². The predicted octanol–water partition coefficient (Wildman–Crippen LogP) is 2.02. The van der Waals surface area contributed by atoms with Crippen LogP contribution in [0.15, 0.2) is 0 Å². The van der Waals surface area contributed by atoms with Gasteiger partial charge in [0.1, 0.15) is 0 Å². The van der Waals surface area contributed by atoms with Gasteiger partial charge in [0.2, 0.25) is 0 Å². The van der Waals surface area contributed by atoms with Crippen molar-refractivity contribution in [3.63, 3.8) is 0 Å². The van der Waals surface area contributed by atoms with E-state index in [-0.39, 0.29) is 0 Å². The molecule has 3 saturated carbocycles. The third-order valence-electron chi connectivity index (χ3n) is 4.41. The Kier molecular flexibility index (Phi) is 1.39. The molecule has 2 N–H and O–H groups in total. The largest absolute Gasteiger partial charge is 0.327 e. The van der Waals surface area contributed by atoms with E-state index in [1.54, 1.807) is 0 Å². The SMILES string of the molecule is CC1[C@H]2C[C@@H](C[C@@H]1N)C2(C)C. The van der Waals surface area contributed by atoms with Crippen LogP contribution in [0.5, 0.6) is 0 Å². The molecule has 0 aliphatic heterocycles. The number of hydrogen-bond donors (Lipinski definition) is 1.